The maximum Gasteiger partial charge on any atom is 0.397 e. The summed E-state index contributed by atoms with van der Waals surface area (Å²) in [6, 6.07) is -0.968. The van der Waals surface area contributed by atoms with Crippen LogP contribution in [0.2, 0.25) is 0 Å². The summed E-state index contributed by atoms with van der Waals surface area (Å²) < 4.78 is 59.0. The van der Waals surface area contributed by atoms with E-state index in [1.807, 2.05) is 6.08 Å². The zero-order valence-electron chi connectivity index (χ0n) is 40.3. The molecular weight excluding hydrogens is 879 g/mol. The third kappa shape index (κ3) is 25.5. The van der Waals surface area contributed by atoms with Gasteiger partial charge in [0, 0.05) is 6.42 Å². The Bertz CT molecular complexity index is 1340. The molecule has 2 aliphatic heterocycles. The Morgan fingerprint density at radius 2 is 1.06 bits per heavy atom. The van der Waals surface area contributed by atoms with Crippen LogP contribution in [0.15, 0.2) is 12.2 Å². The smallest absolute Gasteiger partial charge is 0.394 e. The Morgan fingerprint density at radius 3 is 1.53 bits per heavy atom. The molecule has 1 amide bonds. The molecule has 0 radical (unpaired) electrons. The summed E-state index contributed by atoms with van der Waals surface area (Å²) in [5.41, 5.74) is 0. The highest BCUT2D eigenvalue weighted by Crippen LogP contribution is 2.31. The molecule has 0 spiro atoms. The molecule has 2 fully saturated rings. The van der Waals surface area contributed by atoms with Gasteiger partial charge in [0.2, 0.25) is 5.91 Å². The number of hydrogen-bond donors (Lipinski definition) is 9. The standard InChI is InChI=1S/C48H91NO16S/c1-3-5-7-9-11-13-15-17-18-20-22-24-26-28-30-32-40(53)49-36(37(52)31-29-27-25-23-21-19-16-14-12-10-8-6-4-2)35-61-47-43(56)42(55)45(39(34-51)63-47)64-48-44(57)46(65-66(58,59)60)41(54)38(33-50)62-48/h29,31,36-39,41-48,50-52,54-57H,3-28,30,32-35H2,1-2H3,(H,49,53)(H,58,59,60)/t36-,37+,38+,39+,41-,42+,43+,44+,45+,46-,47+,48-/m0/s1. The highest BCUT2D eigenvalue weighted by molar-refractivity contribution is 7.80. The molecule has 2 heterocycles. The number of aliphatic hydroxyl groups excluding tert-OH is 7. The van der Waals surface area contributed by atoms with E-state index in [1.165, 1.54) is 122 Å². The van der Waals surface area contributed by atoms with Gasteiger partial charge < -0.3 is 60.0 Å². The van der Waals surface area contributed by atoms with E-state index in [1.54, 1.807) is 6.08 Å². The van der Waals surface area contributed by atoms with E-state index in [2.05, 4.69) is 23.3 Å². The minimum Gasteiger partial charge on any atom is -0.394 e. The number of ether oxygens (including phenoxy) is 4. The van der Waals surface area contributed by atoms with Gasteiger partial charge in [-0.1, -0.05) is 180 Å². The molecule has 0 saturated carbocycles. The van der Waals surface area contributed by atoms with Crippen LogP contribution in [-0.4, -0.2) is 148 Å². The predicted molar refractivity (Wildman–Crippen MR) is 250 cm³/mol. The molecule has 390 valence electrons. The molecular formula is C48H91NO16S. The van der Waals surface area contributed by atoms with E-state index in [9.17, 15) is 53.5 Å². The minimum atomic E-state index is -5.21. The first-order valence-electron chi connectivity index (χ1n) is 25.6. The Labute approximate surface area is 396 Å². The average Bonchev–Trinajstić information content (AvgIpc) is 3.29. The van der Waals surface area contributed by atoms with Crippen molar-refractivity contribution < 1.29 is 76.6 Å². The van der Waals surface area contributed by atoms with Crippen molar-refractivity contribution in [3.8, 4) is 0 Å². The number of hydrogen-bond acceptors (Lipinski definition) is 15. The van der Waals surface area contributed by atoms with Crippen LogP contribution in [0.5, 0.6) is 0 Å². The molecule has 0 unspecified atom stereocenters. The van der Waals surface area contributed by atoms with Gasteiger partial charge in [-0.15, -0.1) is 0 Å². The van der Waals surface area contributed by atoms with Crippen LogP contribution in [0.25, 0.3) is 0 Å². The van der Waals surface area contributed by atoms with Crippen molar-refractivity contribution in [3.63, 3.8) is 0 Å². The number of nitrogens with one attached hydrogen (secondary N) is 1. The van der Waals surface area contributed by atoms with Gasteiger partial charge >= 0.3 is 10.4 Å². The Balaban J connectivity index is 1.93. The molecule has 0 bridgehead atoms. The molecule has 2 aliphatic rings. The van der Waals surface area contributed by atoms with Crippen molar-refractivity contribution in [1.82, 2.24) is 5.32 Å². The first-order chi connectivity index (χ1) is 31.8. The minimum absolute atomic E-state index is 0.246. The van der Waals surface area contributed by atoms with Crippen LogP contribution in [-0.2, 0) is 38.3 Å². The van der Waals surface area contributed by atoms with Crippen molar-refractivity contribution in [2.75, 3.05) is 19.8 Å². The second kappa shape index (κ2) is 36.6. The molecule has 18 heteroatoms. The van der Waals surface area contributed by atoms with Crippen LogP contribution < -0.4 is 5.32 Å². The normalized spacial score (nSPS) is 27.1. The summed E-state index contributed by atoms with van der Waals surface area (Å²) in [6.45, 7) is 2.38. The lowest BCUT2D eigenvalue weighted by atomic mass is 9.97. The molecule has 0 aromatic heterocycles. The molecule has 0 aromatic carbocycles. The maximum atomic E-state index is 13.2. The maximum absolute atomic E-state index is 13.2. The fourth-order valence-electron chi connectivity index (χ4n) is 8.59. The van der Waals surface area contributed by atoms with Gasteiger partial charge in [0.1, 0.15) is 48.8 Å². The SMILES string of the molecule is CCCCCCCCCCCCCC=C[C@@H](O)[C@H](CO[C@@H]1O[C@H](CO)[C@@H](O[C@@H]2O[C@H](CO)[C@H](O)[C@H](OS(=O)(=O)O)[C@H]2O)[C@H](O)[C@H]1O)NC(=O)CCCCCCCCCCCCCCCCC. The average molecular weight is 970 g/mol. The third-order valence-corrected chi connectivity index (χ3v) is 13.1. The van der Waals surface area contributed by atoms with E-state index in [-0.39, 0.29) is 18.9 Å². The lowest BCUT2D eigenvalue weighted by molar-refractivity contribution is -0.358. The van der Waals surface area contributed by atoms with Gasteiger partial charge in [-0.05, 0) is 19.3 Å². The summed E-state index contributed by atoms with van der Waals surface area (Å²) in [5.74, 6) is -0.281. The van der Waals surface area contributed by atoms with Crippen LogP contribution in [0, 0.1) is 0 Å². The molecule has 2 saturated heterocycles. The Kier molecular flexibility index (Phi) is 33.7. The van der Waals surface area contributed by atoms with E-state index in [0.717, 1.165) is 44.9 Å². The molecule has 66 heavy (non-hydrogen) atoms. The number of allylic oxidation sites excluding steroid dienone is 1. The largest absolute Gasteiger partial charge is 0.397 e. The number of carbonyl (C=O) groups excluding carboxylic acids is 1. The Morgan fingerprint density at radius 1 is 0.606 bits per heavy atom. The monoisotopic (exact) mass is 970 g/mol. The summed E-state index contributed by atoms with van der Waals surface area (Å²) in [5, 5.41) is 77.3. The predicted octanol–water partition coefficient (Wildman–Crippen LogP) is 5.82. The van der Waals surface area contributed by atoms with Crippen molar-refractivity contribution in [3.05, 3.63) is 12.2 Å². The molecule has 17 nitrogen and oxygen atoms in total. The van der Waals surface area contributed by atoms with E-state index in [4.69, 9.17) is 18.9 Å². The van der Waals surface area contributed by atoms with Crippen LogP contribution in [0.1, 0.15) is 194 Å². The van der Waals surface area contributed by atoms with Gasteiger partial charge in [0.15, 0.2) is 12.6 Å². The van der Waals surface area contributed by atoms with Crippen LogP contribution in [0.3, 0.4) is 0 Å². The number of amides is 1. The first kappa shape index (κ1) is 60.8. The summed E-state index contributed by atoms with van der Waals surface area (Å²) in [4.78, 5) is 13.2. The van der Waals surface area contributed by atoms with E-state index in [0.29, 0.717) is 6.42 Å². The van der Waals surface area contributed by atoms with Crippen LogP contribution >= 0.6 is 0 Å². The number of unbranched alkanes of at least 4 members (excludes halogenated alkanes) is 25. The third-order valence-electron chi connectivity index (χ3n) is 12.7. The van der Waals surface area contributed by atoms with Crippen molar-refractivity contribution in [2.24, 2.45) is 0 Å². The highest BCUT2D eigenvalue weighted by Gasteiger charge is 2.52. The lowest BCUT2D eigenvalue weighted by Crippen LogP contribution is -2.65. The van der Waals surface area contributed by atoms with Crippen molar-refractivity contribution in [2.45, 2.75) is 267 Å². The zero-order chi connectivity index (χ0) is 48.6. The van der Waals surface area contributed by atoms with Gasteiger partial charge in [0.25, 0.3) is 0 Å². The van der Waals surface area contributed by atoms with Crippen molar-refractivity contribution in [1.29, 1.82) is 0 Å². The van der Waals surface area contributed by atoms with Gasteiger partial charge in [-0.2, -0.15) is 8.42 Å². The lowest BCUT2D eigenvalue weighted by Gasteiger charge is -2.46. The topological polar surface area (TPSA) is 271 Å². The zero-order valence-corrected chi connectivity index (χ0v) is 41.1. The fourth-order valence-corrected chi connectivity index (χ4v) is 9.10. The van der Waals surface area contributed by atoms with Gasteiger partial charge in [-0.25, -0.2) is 4.18 Å². The van der Waals surface area contributed by atoms with E-state index < -0.39 is 97.2 Å². The molecule has 2 rings (SSSR count). The second-order valence-corrected chi connectivity index (χ2v) is 19.5. The number of rotatable bonds is 40. The van der Waals surface area contributed by atoms with E-state index >= 15 is 0 Å². The second-order valence-electron chi connectivity index (χ2n) is 18.5. The molecule has 0 aliphatic carbocycles. The molecule has 12 atom stereocenters. The highest BCUT2D eigenvalue weighted by atomic mass is 32.3. The van der Waals surface area contributed by atoms with Crippen molar-refractivity contribution >= 4 is 16.3 Å². The Hall–Kier alpha value is -1.36. The van der Waals surface area contributed by atoms with Gasteiger partial charge in [0.05, 0.1) is 32.0 Å². The summed E-state index contributed by atoms with van der Waals surface area (Å²) >= 11 is 0. The summed E-state index contributed by atoms with van der Waals surface area (Å²) in [6.07, 6.45) is 16.7. The quantitative estimate of drug-likeness (QED) is 0.0199. The fraction of sp³-hybridized carbons (Fsp3) is 0.938. The molecule has 9 N–H and O–H groups in total. The van der Waals surface area contributed by atoms with Gasteiger partial charge in [-0.3, -0.25) is 9.35 Å². The first-order valence-corrected chi connectivity index (χ1v) is 27.0. The summed E-state index contributed by atoms with van der Waals surface area (Å²) in [7, 11) is -5.21. The number of aliphatic hydroxyl groups is 7. The number of carbonyl (C=O) groups is 1. The molecule has 0 aromatic rings. The van der Waals surface area contributed by atoms with Crippen LogP contribution in [0.4, 0.5) is 0 Å².